The van der Waals surface area contributed by atoms with E-state index < -0.39 is 28.8 Å². The van der Waals surface area contributed by atoms with Gasteiger partial charge < -0.3 is 19.5 Å². The summed E-state index contributed by atoms with van der Waals surface area (Å²) >= 11 is 1.66. The van der Waals surface area contributed by atoms with Crippen LogP contribution in [0.25, 0.3) is 0 Å². The minimum absolute atomic E-state index is 0.0743. The molecule has 2 aliphatic carbocycles. The van der Waals surface area contributed by atoms with Crippen LogP contribution < -0.4 is 5.32 Å². The van der Waals surface area contributed by atoms with E-state index in [1.54, 1.807) is 11.3 Å². The van der Waals surface area contributed by atoms with Gasteiger partial charge in [-0.3, -0.25) is 9.59 Å². The standard InChI is InChI=1S/C35H41F3N6O3S/c36-35(37,38)34(12-13-34)32(46)44-20-33(21-44)19-39-18-26(33)28-41-42-29(47-28)27(24-8-6-23(7-9-24)22-4-2-1-3-5-22)31(45)43-15-10-25(11-16-43)30-40-14-17-48-30/h6-9,14,17,22,25-27,39H,1-5,10-13,15-16,18-21H2. The maximum absolute atomic E-state index is 14.3. The lowest BCUT2D eigenvalue weighted by Crippen LogP contribution is -2.64. The van der Waals surface area contributed by atoms with Gasteiger partial charge in [0, 0.05) is 62.2 Å². The highest BCUT2D eigenvalue weighted by atomic mass is 32.1. The number of rotatable bonds is 7. The molecule has 48 heavy (non-hydrogen) atoms. The SMILES string of the molecule is O=C(C(c1ccc(C2CCCCC2)cc1)c1nnc(C2CNCC23CN(C(=O)C2(C(F)(F)F)CC2)C3)o1)N1CCC(c2nccs2)CC1. The zero-order valence-corrected chi connectivity index (χ0v) is 27.7. The van der Waals surface area contributed by atoms with E-state index in [1.807, 2.05) is 28.6 Å². The van der Waals surface area contributed by atoms with Gasteiger partial charge in [-0.2, -0.15) is 13.2 Å². The van der Waals surface area contributed by atoms with E-state index in [4.69, 9.17) is 4.42 Å². The molecule has 3 aliphatic heterocycles. The van der Waals surface area contributed by atoms with Gasteiger partial charge in [0.05, 0.1) is 10.9 Å². The summed E-state index contributed by atoms with van der Waals surface area (Å²) in [4.78, 5) is 35.0. The summed E-state index contributed by atoms with van der Waals surface area (Å²) in [5, 5.41) is 15.3. The smallest absolute Gasteiger partial charge is 0.403 e. The monoisotopic (exact) mass is 682 g/mol. The molecule has 1 aromatic carbocycles. The Morgan fingerprint density at radius 1 is 0.958 bits per heavy atom. The van der Waals surface area contributed by atoms with Gasteiger partial charge in [-0.25, -0.2) is 4.98 Å². The molecule has 2 atom stereocenters. The maximum Gasteiger partial charge on any atom is 0.403 e. The van der Waals surface area contributed by atoms with Gasteiger partial charge in [-0.15, -0.1) is 21.5 Å². The first-order valence-electron chi connectivity index (χ1n) is 17.4. The third-order valence-corrected chi connectivity index (χ3v) is 12.7. The number of halogens is 3. The van der Waals surface area contributed by atoms with Crippen LogP contribution in [0, 0.1) is 10.8 Å². The third kappa shape index (κ3) is 5.54. The van der Waals surface area contributed by atoms with Crippen LogP contribution in [0.4, 0.5) is 13.2 Å². The van der Waals surface area contributed by atoms with Crippen molar-refractivity contribution in [3.8, 4) is 0 Å². The zero-order chi connectivity index (χ0) is 33.1. The average molecular weight is 683 g/mol. The molecule has 0 radical (unpaired) electrons. The van der Waals surface area contributed by atoms with E-state index in [9.17, 15) is 22.8 Å². The van der Waals surface area contributed by atoms with Crippen LogP contribution in [0.15, 0.2) is 40.3 Å². The Bertz CT molecular complexity index is 1620. The topological polar surface area (TPSA) is 104 Å². The molecule has 9 nitrogen and oxygen atoms in total. The minimum Gasteiger partial charge on any atom is -0.424 e. The number of aromatic nitrogens is 3. The number of carbonyl (C=O) groups is 2. The van der Waals surface area contributed by atoms with Crippen LogP contribution in [-0.4, -0.2) is 82.2 Å². The Labute approximate surface area is 281 Å². The quantitative estimate of drug-likeness (QED) is 0.328. The van der Waals surface area contributed by atoms with E-state index >= 15 is 0 Å². The summed E-state index contributed by atoms with van der Waals surface area (Å²) in [5.41, 5.74) is -0.608. The number of thiazole rings is 1. The maximum atomic E-state index is 14.3. The van der Waals surface area contributed by atoms with E-state index in [2.05, 4.69) is 32.6 Å². The number of benzene rings is 1. The summed E-state index contributed by atoms with van der Waals surface area (Å²) in [6.07, 6.45) is 4.79. The Hall–Kier alpha value is -3.32. The first kappa shape index (κ1) is 31.9. The molecule has 3 aromatic rings. The number of amides is 2. The van der Waals surface area contributed by atoms with Gasteiger partial charge in [0.1, 0.15) is 11.3 Å². The number of alkyl halides is 3. The van der Waals surface area contributed by atoms with Crippen LogP contribution in [-0.2, 0) is 9.59 Å². The lowest BCUT2D eigenvalue weighted by molar-refractivity contribution is -0.204. The zero-order valence-electron chi connectivity index (χ0n) is 26.9. The van der Waals surface area contributed by atoms with Crippen molar-refractivity contribution in [3.63, 3.8) is 0 Å². The summed E-state index contributed by atoms with van der Waals surface area (Å²) < 4.78 is 47.4. The van der Waals surface area contributed by atoms with Crippen LogP contribution in [0.5, 0.6) is 0 Å². The highest BCUT2D eigenvalue weighted by Crippen LogP contribution is 2.60. The highest BCUT2D eigenvalue weighted by Gasteiger charge is 2.71. The van der Waals surface area contributed by atoms with Crippen molar-refractivity contribution in [2.75, 3.05) is 39.3 Å². The summed E-state index contributed by atoms with van der Waals surface area (Å²) in [6, 6.07) is 8.34. The highest BCUT2D eigenvalue weighted by molar-refractivity contribution is 7.09. The first-order valence-corrected chi connectivity index (χ1v) is 18.2. The van der Waals surface area contributed by atoms with E-state index in [0.717, 1.165) is 23.4 Å². The second-order valence-electron chi connectivity index (χ2n) is 14.7. The summed E-state index contributed by atoms with van der Waals surface area (Å²) in [6.45, 7) is 2.68. The minimum atomic E-state index is -4.53. The molecule has 256 valence electrons. The molecule has 2 amide bonds. The van der Waals surface area contributed by atoms with Crippen LogP contribution >= 0.6 is 11.3 Å². The molecule has 5 heterocycles. The number of nitrogens with zero attached hydrogens (tertiary/aromatic N) is 5. The molecule has 5 fully saturated rings. The van der Waals surface area contributed by atoms with Crippen molar-refractivity contribution < 1.29 is 27.2 Å². The normalized spacial score (nSPS) is 24.9. The van der Waals surface area contributed by atoms with Crippen molar-refractivity contribution in [3.05, 3.63) is 63.8 Å². The number of nitrogens with one attached hydrogen (secondary N) is 1. The molecule has 13 heteroatoms. The largest absolute Gasteiger partial charge is 0.424 e. The predicted octanol–water partition coefficient (Wildman–Crippen LogP) is 5.97. The van der Waals surface area contributed by atoms with Gasteiger partial charge in [0.15, 0.2) is 0 Å². The van der Waals surface area contributed by atoms with Crippen LogP contribution in [0.3, 0.4) is 0 Å². The fourth-order valence-electron chi connectivity index (χ4n) is 8.65. The van der Waals surface area contributed by atoms with Crippen molar-refractivity contribution in [2.45, 2.75) is 87.6 Å². The van der Waals surface area contributed by atoms with Crippen molar-refractivity contribution in [1.82, 2.24) is 30.3 Å². The first-order chi connectivity index (χ1) is 23.2. The van der Waals surface area contributed by atoms with E-state index in [1.165, 1.54) is 42.6 Å². The Kier molecular flexibility index (Phi) is 8.13. The number of carbonyl (C=O) groups excluding carboxylic acids is 2. The molecule has 2 aromatic heterocycles. The predicted molar refractivity (Wildman–Crippen MR) is 171 cm³/mol. The number of hydrogen-bond donors (Lipinski definition) is 1. The molecular weight excluding hydrogens is 641 g/mol. The molecule has 2 saturated carbocycles. The molecule has 8 rings (SSSR count). The average Bonchev–Trinajstić information content (AvgIpc) is 3.40. The summed E-state index contributed by atoms with van der Waals surface area (Å²) in [7, 11) is 0. The Morgan fingerprint density at radius 3 is 2.33 bits per heavy atom. The van der Waals surface area contributed by atoms with Gasteiger partial charge in [0.25, 0.3) is 0 Å². The van der Waals surface area contributed by atoms with Gasteiger partial charge >= 0.3 is 6.18 Å². The van der Waals surface area contributed by atoms with Crippen molar-refractivity contribution >= 4 is 23.2 Å². The molecule has 2 unspecified atom stereocenters. The third-order valence-electron chi connectivity index (χ3n) is 11.8. The van der Waals surface area contributed by atoms with Crippen LogP contribution in [0.1, 0.15) is 109 Å². The summed E-state index contributed by atoms with van der Waals surface area (Å²) in [5.74, 6) is -0.482. The molecule has 1 N–H and O–H groups in total. The Balaban J connectivity index is 1.03. The van der Waals surface area contributed by atoms with Gasteiger partial charge in [0.2, 0.25) is 23.6 Å². The molecular formula is C35H41F3N6O3S. The Morgan fingerprint density at radius 2 is 1.69 bits per heavy atom. The number of hydrogen-bond acceptors (Lipinski definition) is 8. The molecule has 3 saturated heterocycles. The van der Waals surface area contributed by atoms with E-state index in [0.29, 0.717) is 43.9 Å². The lowest BCUT2D eigenvalue weighted by Gasteiger charge is -2.51. The lowest BCUT2D eigenvalue weighted by atomic mass is 9.71. The van der Waals surface area contributed by atoms with Crippen LogP contribution in [0.2, 0.25) is 0 Å². The van der Waals surface area contributed by atoms with Gasteiger partial charge in [-0.1, -0.05) is 43.5 Å². The number of piperidine rings is 1. The number of likely N-dealkylation sites (tertiary alicyclic amines) is 2. The fourth-order valence-corrected chi connectivity index (χ4v) is 9.46. The molecule has 5 aliphatic rings. The van der Waals surface area contributed by atoms with Crippen molar-refractivity contribution in [2.24, 2.45) is 10.8 Å². The van der Waals surface area contributed by atoms with E-state index in [-0.39, 0.29) is 43.6 Å². The second kappa shape index (κ2) is 12.2. The molecule has 0 bridgehead atoms. The second-order valence-corrected chi connectivity index (χ2v) is 15.6. The fraction of sp³-hybridized carbons (Fsp3) is 0.629. The molecule has 1 spiro atoms. The van der Waals surface area contributed by atoms with Crippen molar-refractivity contribution in [1.29, 1.82) is 0 Å². The van der Waals surface area contributed by atoms with Gasteiger partial charge in [-0.05, 0) is 55.6 Å².